The minimum Gasteiger partial charge on any atom is -0.496 e. The number of carbonyl (C=O) groups is 1. The van der Waals surface area contributed by atoms with E-state index in [2.05, 4.69) is 15.9 Å². The Morgan fingerprint density at radius 3 is 2.37 bits per heavy atom. The van der Waals surface area contributed by atoms with Gasteiger partial charge < -0.3 is 14.6 Å². The fourth-order valence-corrected chi connectivity index (χ4v) is 3.44. The lowest BCUT2D eigenvalue weighted by molar-refractivity contribution is -0.138. The lowest BCUT2D eigenvalue weighted by Gasteiger charge is -2.28. The van der Waals surface area contributed by atoms with E-state index in [1.54, 1.807) is 14.2 Å². The molecule has 0 atom stereocenters. The molecule has 0 aliphatic carbocycles. The summed E-state index contributed by atoms with van der Waals surface area (Å²) in [6.07, 6.45) is 0.00811. The molecule has 0 heterocycles. The molecule has 0 radical (unpaired) electrons. The van der Waals surface area contributed by atoms with Gasteiger partial charge in [0.25, 0.3) is 0 Å². The van der Waals surface area contributed by atoms with Crippen LogP contribution in [0.4, 0.5) is 0 Å². The smallest absolute Gasteiger partial charge is 0.304 e. The molecule has 19 heavy (non-hydrogen) atoms. The number of rotatable bonds is 5. The first-order valence-electron chi connectivity index (χ1n) is 5.88. The van der Waals surface area contributed by atoms with E-state index in [9.17, 15) is 4.79 Å². The zero-order chi connectivity index (χ0) is 14.8. The zero-order valence-electron chi connectivity index (χ0n) is 11.8. The molecule has 0 saturated carbocycles. The van der Waals surface area contributed by atoms with Crippen LogP contribution >= 0.6 is 15.9 Å². The normalized spacial score (nSPS) is 11.3. The third-order valence-corrected chi connectivity index (χ3v) is 3.82. The predicted molar refractivity (Wildman–Crippen MR) is 77.3 cm³/mol. The first-order valence-corrected chi connectivity index (χ1v) is 6.67. The molecule has 0 saturated heterocycles. The molecule has 1 rings (SSSR count). The van der Waals surface area contributed by atoms with Crippen molar-refractivity contribution in [3.63, 3.8) is 0 Å². The van der Waals surface area contributed by atoms with E-state index in [4.69, 9.17) is 14.6 Å². The Labute approximate surface area is 121 Å². The van der Waals surface area contributed by atoms with Gasteiger partial charge in [0.1, 0.15) is 11.5 Å². The van der Waals surface area contributed by atoms with Crippen molar-refractivity contribution in [1.82, 2.24) is 0 Å². The molecule has 0 spiro atoms. The number of aliphatic carboxylic acids is 1. The maximum Gasteiger partial charge on any atom is 0.304 e. The van der Waals surface area contributed by atoms with Gasteiger partial charge >= 0.3 is 5.97 Å². The number of benzene rings is 1. The van der Waals surface area contributed by atoms with E-state index >= 15 is 0 Å². The molecule has 1 aromatic carbocycles. The number of carboxylic acids is 1. The molecule has 1 aromatic rings. The Kier molecular flexibility index (Phi) is 4.85. The van der Waals surface area contributed by atoms with Gasteiger partial charge in [-0.25, -0.2) is 0 Å². The molecule has 0 unspecified atom stereocenters. The molecule has 106 valence electrons. The lowest BCUT2D eigenvalue weighted by Crippen LogP contribution is -2.23. The van der Waals surface area contributed by atoms with Crippen LogP contribution < -0.4 is 9.47 Å². The standard InChI is InChI=1S/C14H19BrO4/c1-8-6-9(18-4)11(12(15)13(8)19-5)14(2,3)7-10(16)17/h6H,7H2,1-5H3,(H,16,17). The maximum absolute atomic E-state index is 11.0. The summed E-state index contributed by atoms with van der Waals surface area (Å²) in [6, 6.07) is 1.86. The summed E-state index contributed by atoms with van der Waals surface area (Å²) >= 11 is 3.51. The van der Waals surface area contributed by atoms with E-state index < -0.39 is 11.4 Å². The van der Waals surface area contributed by atoms with Crippen LogP contribution in [0.15, 0.2) is 10.5 Å². The van der Waals surface area contributed by atoms with Crippen molar-refractivity contribution >= 4 is 21.9 Å². The van der Waals surface area contributed by atoms with E-state index in [1.807, 2.05) is 26.8 Å². The lowest BCUT2D eigenvalue weighted by atomic mass is 9.80. The third kappa shape index (κ3) is 3.21. The second-order valence-corrected chi connectivity index (χ2v) is 5.87. The Morgan fingerprint density at radius 1 is 1.37 bits per heavy atom. The molecule has 0 aliphatic heterocycles. The highest BCUT2D eigenvalue weighted by Crippen LogP contribution is 2.45. The van der Waals surface area contributed by atoms with Gasteiger partial charge in [0.05, 0.1) is 25.1 Å². The highest BCUT2D eigenvalue weighted by atomic mass is 79.9. The Balaban J connectivity index is 3.52. The van der Waals surface area contributed by atoms with E-state index in [0.29, 0.717) is 11.5 Å². The van der Waals surface area contributed by atoms with Gasteiger partial charge in [-0.15, -0.1) is 0 Å². The molecule has 5 heteroatoms. The molecule has 4 nitrogen and oxygen atoms in total. The monoisotopic (exact) mass is 330 g/mol. The molecule has 0 fully saturated rings. The van der Waals surface area contributed by atoms with Gasteiger partial charge in [-0.2, -0.15) is 0 Å². The van der Waals surface area contributed by atoms with Crippen molar-refractivity contribution in [2.24, 2.45) is 0 Å². The largest absolute Gasteiger partial charge is 0.496 e. The SMILES string of the molecule is COc1cc(C)c(OC)c(Br)c1C(C)(C)CC(=O)O. The van der Waals surface area contributed by atoms with Crippen LogP contribution in [0.25, 0.3) is 0 Å². The van der Waals surface area contributed by atoms with Gasteiger partial charge in [-0.05, 0) is 34.5 Å². The molecule has 1 N–H and O–H groups in total. The van der Waals surface area contributed by atoms with Gasteiger partial charge in [0, 0.05) is 11.0 Å². The van der Waals surface area contributed by atoms with Crippen molar-refractivity contribution in [3.8, 4) is 11.5 Å². The fourth-order valence-electron chi connectivity index (χ4n) is 2.24. The molecule has 0 amide bonds. The predicted octanol–water partition coefficient (Wildman–Crippen LogP) is 3.53. The molecule has 0 aliphatic rings. The maximum atomic E-state index is 11.0. The van der Waals surface area contributed by atoms with Crippen molar-refractivity contribution in [3.05, 3.63) is 21.7 Å². The number of halogens is 1. The summed E-state index contributed by atoms with van der Waals surface area (Å²) in [6.45, 7) is 5.66. The second-order valence-electron chi connectivity index (χ2n) is 5.07. The van der Waals surface area contributed by atoms with E-state index in [-0.39, 0.29) is 6.42 Å². The Morgan fingerprint density at radius 2 is 1.95 bits per heavy atom. The summed E-state index contributed by atoms with van der Waals surface area (Å²) in [5.74, 6) is 0.518. The number of ether oxygens (including phenoxy) is 2. The summed E-state index contributed by atoms with van der Waals surface area (Å²) in [5, 5.41) is 9.06. The second kappa shape index (κ2) is 5.82. The van der Waals surface area contributed by atoms with Crippen molar-refractivity contribution in [2.45, 2.75) is 32.6 Å². The highest BCUT2D eigenvalue weighted by Gasteiger charge is 2.32. The topological polar surface area (TPSA) is 55.8 Å². The minimum atomic E-state index is -0.849. The number of hydrogen-bond donors (Lipinski definition) is 1. The highest BCUT2D eigenvalue weighted by molar-refractivity contribution is 9.10. The van der Waals surface area contributed by atoms with E-state index in [1.165, 1.54) is 0 Å². The van der Waals surface area contributed by atoms with Gasteiger partial charge in [-0.3, -0.25) is 4.79 Å². The Hall–Kier alpha value is -1.23. The van der Waals surface area contributed by atoms with Crippen LogP contribution in [0, 0.1) is 6.92 Å². The van der Waals surface area contributed by atoms with Crippen LogP contribution in [0.1, 0.15) is 31.4 Å². The van der Waals surface area contributed by atoms with Crippen molar-refractivity contribution in [2.75, 3.05) is 14.2 Å². The first-order chi connectivity index (χ1) is 8.74. The summed E-state index contributed by atoms with van der Waals surface area (Å²) in [5.41, 5.74) is 1.16. The molecular formula is C14H19BrO4. The third-order valence-electron chi connectivity index (χ3n) is 3.06. The van der Waals surface area contributed by atoms with Gasteiger partial charge in [0.2, 0.25) is 0 Å². The van der Waals surface area contributed by atoms with Crippen LogP contribution in [-0.4, -0.2) is 25.3 Å². The minimum absolute atomic E-state index is 0.00811. The average molecular weight is 331 g/mol. The van der Waals surface area contributed by atoms with Crippen LogP contribution in [0.5, 0.6) is 11.5 Å². The average Bonchev–Trinajstić information content (AvgIpc) is 2.26. The van der Waals surface area contributed by atoms with Crippen molar-refractivity contribution < 1.29 is 19.4 Å². The number of aryl methyl sites for hydroxylation is 1. The summed E-state index contributed by atoms with van der Waals surface area (Å²) in [4.78, 5) is 11.0. The quantitative estimate of drug-likeness (QED) is 0.897. The summed E-state index contributed by atoms with van der Waals surface area (Å²) in [7, 11) is 3.17. The van der Waals surface area contributed by atoms with E-state index in [0.717, 1.165) is 15.6 Å². The van der Waals surface area contributed by atoms with Crippen molar-refractivity contribution in [1.29, 1.82) is 0 Å². The number of methoxy groups -OCH3 is 2. The number of carboxylic acid groups (broad SMARTS) is 1. The van der Waals surface area contributed by atoms with Gasteiger partial charge in [-0.1, -0.05) is 13.8 Å². The van der Waals surface area contributed by atoms with Crippen LogP contribution in [0.3, 0.4) is 0 Å². The van der Waals surface area contributed by atoms with Crippen LogP contribution in [0.2, 0.25) is 0 Å². The summed E-state index contributed by atoms with van der Waals surface area (Å²) < 4.78 is 11.5. The first kappa shape index (κ1) is 15.8. The Bertz CT molecular complexity index is 495. The molecular weight excluding hydrogens is 312 g/mol. The van der Waals surface area contributed by atoms with Gasteiger partial charge in [0.15, 0.2) is 0 Å². The molecule has 0 aromatic heterocycles. The van der Waals surface area contributed by atoms with Crippen LogP contribution in [-0.2, 0) is 10.2 Å². The zero-order valence-corrected chi connectivity index (χ0v) is 13.4. The molecule has 0 bridgehead atoms. The number of hydrogen-bond acceptors (Lipinski definition) is 3. The fraction of sp³-hybridized carbons (Fsp3) is 0.500.